The van der Waals surface area contributed by atoms with E-state index in [0.29, 0.717) is 12.0 Å². The molecule has 3 unspecified atom stereocenters. The number of rotatable bonds is 7. The van der Waals surface area contributed by atoms with Crippen molar-refractivity contribution in [2.75, 3.05) is 25.0 Å². The van der Waals surface area contributed by atoms with E-state index < -0.39 is 0 Å². The first kappa shape index (κ1) is 22.7. The van der Waals surface area contributed by atoms with Crippen LogP contribution >= 0.6 is 30.1 Å². The molecule has 0 radical (unpaired) electrons. The van der Waals surface area contributed by atoms with Crippen LogP contribution in [0.5, 0.6) is 0 Å². The van der Waals surface area contributed by atoms with Crippen LogP contribution in [0.3, 0.4) is 0 Å². The maximum atomic E-state index is 6.02. The van der Waals surface area contributed by atoms with E-state index in [2.05, 4.69) is 108 Å². The average molecular weight is 552 g/mol. The highest BCUT2D eigenvalue weighted by molar-refractivity contribution is 14.2. The van der Waals surface area contributed by atoms with E-state index >= 15 is 0 Å². The molecule has 0 spiro atoms. The van der Waals surface area contributed by atoms with E-state index in [-0.39, 0.29) is 12.3 Å². The van der Waals surface area contributed by atoms with Gasteiger partial charge in [-0.15, -0.1) is 0 Å². The van der Waals surface area contributed by atoms with Gasteiger partial charge in [0.05, 0.1) is 23.6 Å². The normalized spacial score (nSPS) is 24.4. The van der Waals surface area contributed by atoms with Gasteiger partial charge in [-0.05, 0) is 24.1 Å². The first-order valence-corrected chi connectivity index (χ1v) is 14.0. The van der Waals surface area contributed by atoms with Crippen molar-refractivity contribution in [3.05, 3.63) is 60.6 Å². The highest BCUT2D eigenvalue weighted by Crippen LogP contribution is 2.33. The van der Waals surface area contributed by atoms with E-state index in [1.807, 2.05) is 12.3 Å². The van der Waals surface area contributed by atoms with Gasteiger partial charge in [-0.1, -0.05) is 53.1 Å². The molecule has 0 amide bonds. The maximum absolute atomic E-state index is 6.02. The molecule has 3 aliphatic rings. The number of nitrogens with zero attached hydrogens (tertiary/aromatic N) is 3. The smallest absolute Gasteiger partial charge is 0.147 e. The summed E-state index contributed by atoms with van der Waals surface area (Å²) in [6.07, 6.45) is 10.1. The Morgan fingerprint density at radius 3 is 2.87 bits per heavy atom. The molecular weight excluding hydrogens is 521 g/mol. The zero-order valence-corrected chi connectivity index (χ0v) is 20.8. The van der Waals surface area contributed by atoms with Crippen molar-refractivity contribution in [1.29, 1.82) is 0 Å². The summed E-state index contributed by atoms with van der Waals surface area (Å²) >= 11 is 2.32. The first-order chi connectivity index (χ1) is 15.1. The number of para-hydroxylation sites is 1. The highest BCUT2D eigenvalue weighted by atomic mass is 127. The minimum Gasteiger partial charge on any atom is -0.359 e. The third kappa shape index (κ3) is 5.11. The second-order valence-electron chi connectivity index (χ2n) is 8.22. The molecule has 1 aromatic carbocycles. The fraction of sp³-hybridized carbons (Fsp3) is 0.409. The SMILES string of the molecule is CC(C)C1CN(C2=CN=C3C=CC=CC3N2)CCN1C(NN)Nc1ccccc1SI. The van der Waals surface area contributed by atoms with E-state index in [9.17, 15) is 0 Å². The Labute approximate surface area is 200 Å². The lowest BCUT2D eigenvalue weighted by molar-refractivity contribution is 0.0262. The first-order valence-electron chi connectivity index (χ1n) is 10.6. The number of benzene rings is 1. The molecule has 2 heterocycles. The van der Waals surface area contributed by atoms with E-state index in [1.54, 1.807) is 8.93 Å². The van der Waals surface area contributed by atoms with Crippen molar-refractivity contribution < 1.29 is 0 Å². The average Bonchev–Trinajstić information content (AvgIpc) is 2.82. The van der Waals surface area contributed by atoms with E-state index in [1.165, 1.54) is 4.90 Å². The standard InChI is InChI=1S/C22H30IN7S/c1-15(2)19-14-29(21-13-25-16-7-3-4-8-17(16)26-21)11-12-30(19)22(28-24)27-18-9-5-6-10-20(18)31-23/h3-10,13,15,17,19,22,26-28H,11-12,14,24H2,1-2H3. The number of piperazine rings is 1. The predicted octanol–water partition coefficient (Wildman–Crippen LogP) is 3.27. The molecule has 0 bridgehead atoms. The molecule has 7 nitrogen and oxygen atoms in total. The number of hydrogen-bond acceptors (Lipinski definition) is 8. The fourth-order valence-corrected chi connectivity index (χ4v) is 5.75. The Hall–Kier alpha value is -1.53. The van der Waals surface area contributed by atoms with Gasteiger partial charge in [0.25, 0.3) is 0 Å². The van der Waals surface area contributed by atoms with Gasteiger partial charge in [0.1, 0.15) is 12.1 Å². The molecule has 1 saturated heterocycles. The molecule has 1 aromatic rings. The molecule has 9 heteroatoms. The quantitative estimate of drug-likeness (QED) is 0.179. The number of anilines is 1. The van der Waals surface area contributed by atoms with Crippen LogP contribution in [-0.2, 0) is 0 Å². The minimum atomic E-state index is -0.149. The van der Waals surface area contributed by atoms with Crippen molar-refractivity contribution >= 4 is 41.5 Å². The topological polar surface area (TPSA) is 81.0 Å². The summed E-state index contributed by atoms with van der Waals surface area (Å²) in [5.74, 6) is 7.59. The molecule has 0 saturated carbocycles. The third-order valence-electron chi connectivity index (χ3n) is 5.96. The van der Waals surface area contributed by atoms with E-state index in [4.69, 9.17) is 5.84 Å². The molecule has 0 aromatic heterocycles. The highest BCUT2D eigenvalue weighted by Gasteiger charge is 2.35. The summed E-state index contributed by atoms with van der Waals surface area (Å²) < 4.78 is 0. The van der Waals surface area contributed by atoms with Gasteiger partial charge in [-0.25, -0.2) is 5.43 Å². The Kier molecular flexibility index (Phi) is 7.59. The zero-order valence-electron chi connectivity index (χ0n) is 17.8. The summed E-state index contributed by atoms with van der Waals surface area (Å²) in [4.78, 5) is 10.7. The monoisotopic (exact) mass is 551 g/mol. The summed E-state index contributed by atoms with van der Waals surface area (Å²) in [5, 5.41) is 7.25. The fourth-order valence-electron chi connectivity index (χ4n) is 4.26. The summed E-state index contributed by atoms with van der Waals surface area (Å²) in [6, 6.07) is 8.82. The summed E-state index contributed by atoms with van der Waals surface area (Å²) in [6.45, 7) is 7.26. The van der Waals surface area contributed by atoms with Crippen LogP contribution in [-0.4, -0.2) is 53.5 Å². The Morgan fingerprint density at radius 1 is 1.26 bits per heavy atom. The van der Waals surface area contributed by atoms with Crippen LogP contribution in [0.1, 0.15) is 13.8 Å². The second-order valence-corrected chi connectivity index (χ2v) is 10.1. The Morgan fingerprint density at radius 2 is 2.10 bits per heavy atom. The van der Waals surface area contributed by atoms with Gasteiger partial charge in [-0.3, -0.25) is 15.7 Å². The van der Waals surface area contributed by atoms with Gasteiger partial charge in [0, 0.05) is 51.8 Å². The number of hydrogen-bond donors (Lipinski definition) is 4. The van der Waals surface area contributed by atoms with Crippen LogP contribution in [0.15, 0.2) is 70.5 Å². The number of aliphatic imine (C=N–C) groups is 1. The number of hydrazine groups is 1. The molecule has 5 N–H and O–H groups in total. The predicted molar refractivity (Wildman–Crippen MR) is 139 cm³/mol. The molecular formula is C22H30IN7S. The largest absolute Gasteiger partial charge is 0.359 e. The van der Waals surface area contributed by atoms with Gasteiger partial charge in [0.15, 0.2) is 0 Å². The minimum absolute atomic E-state index is 0.149. The Bertz CT molecular complexity index is 898. The molecule has 2 aliphatic heterocycles. The summed E-state index contributed by atoms with van der Waals surface area (Å²) in [7, 11) is 1.70. The number of halogens is 1. The molecule has 31 heavy (non-hydrogen) atoms. The number of fused-ring (bicyclic) bond motifs is 1. The van der Waals surface area contributed by atoms with E-state index in [0.717, 1.165) is 36.9 Å². The van der Waals surface area contributed by atoms with Crippen molar-refractivity contribution in [2.45, 2.75) is 37.1 Å². The molecule has 1 aliphatic carbocycles. The van der Waals surface area contributed by atoms with Gasteiger partial charge >= 0.3 is 0 Å². The molecule has 4 rings (SSSR count). The Balaban J connectivity index is 1.49. The van der Waals surface area contributed by atoms with Crippen LogP contribution in [0, 0.1) is 5.92 Å². The lowest BCUT2D eigenvalue weighted by Crippen LogP contribution is -2.65. The molecule has 166 valence electrons. The lowest BCUT2D eigenvalue weighted by Gasteiger charge is -2.48. The van der Waals surface area contributed by atoms with Gasteiger partial charge in [-0.2, -0.15) is 0 Å². The van der Waals surface area contributed by atoms with Crippen LogP contribution < -0.4 is 21.9 Å². The number of allylic oxidation sites excluding steroid dienone is 2. The second kappa shape index (κ2) is 10.4. The maximum Gasteiger partial charge on any atom is 0.147 e. The van der Waals surface area contributed by atoms with Crippen molar-refractivity contribution in [2.24, 2.45) is 16.8 Å². The molecule has 3 atom stereocenters. The van der Waals surface area contributed by atoms with Gasteiger partial charge < -0.3 is 15.5 Å². The third-order valence-corrected chi connectivity index (χ3v) is 7.91. The zero-order chi connectivity index (χ0) is 21.8. The van der Waals surface area contributed by atoms with Crippen LogP contribution in [0.2, 0.25) is 0 Å². The van der Waals surface area contributed by atoms with Crippen LogP contribution in [0.4, 0.5) is 5.69 Å². The number of nitrogens with two attached hydrogens (primary N) is 1. The van der Waals surface area contributed by atoms with Crippen molar-refractivity contribution in [3.8, 4) is 0 Å². The summed E-state index contributed by atoms with van der Waals surface area (Å²) in [5.41, 5.74) is 5.16. The van der Waals surface area contributed by atoms with Crippen LogP contribution in [0.25, 0.3) is 0 Å². The number of nitrogens with one attached hydrogen (secondary N) is 3. The lowest BCUT2D eigenvalue weighted by atomic mass is 9.99. The van der Waals surface area contributed by atoms with Crippen molar-refractivity contribution in [3.63, 3.8) is 0 Å². The molecule has 1 fully saturated rings. The van der Waals surface area contributed by atoms with Crippen molar-refractivity contribution in [1.82, 2.24) is 20.5 Å². The van der Waals surface area contributed by atoms with Gasteiger partial charge in [0.2, 0.25) is 0 Å².